The summed E-state index contributed by atoms with van der Waals surface area (Å²) in [6.45, 7) is 1.33. The lowest BCUT2D eigenvalue weighted by atomic mass is 10.1. The molecule has 1 saturated heterocycles. The van der Waals surface area contributed by atoms with Gasteiger partial charge in [-0.05, 0) is 67.0 Å². The number of sulfonamides is 1. The Morgan fingerprint density at radius 3 is 2.46 bits per heavy atom. The van der Waals surface area contributed by atoms with Crippen LogP contribution in [0.1, 0.15) is 28.8 Å². The van der Waals surface area contributed by atoms with Gasteiger partial charge >= 0.3 is 0 Å². The Bertz CT molecular complexity index is 1310. The minimum Gasteiger partial charge on any atom is -0.492 e. The number of amides is 1. The number of para-hydroxylation sites is 1. The van der Waals surface area contributed by atoms with E-state index in [-0.39, 0.29) is 22.7 Å². The molecule has 0 aliphatic carbocycles. The molecule has 194 valence electrons. The lowest BCUT2D eigenvalue weighted by molar-refractivity contribution is 0.0973. The fourth-order valence-electron chi connectivity index (χ4n) is 3.85. The molecule has 1 aliphatic heterocycles. The van der Waals surface area contributed by atoms with Crippen LogP contribution in [0.25, 0.3) is 0 Å². The van der Waals surface area contributed by atoms with Gasteiger partial charge in [-0.3, -0.25) is 10.1 Å². The Morgan fingerprint density at radius 2 is 1.73 bits per heavy atom. The highest BCUT2D eigenvalue weighted by atomic mass is 32.2. The Labute approximate surface area is 222 Å². The first kappa shape index (κ1) is 26.7. The van der Waals surface area contributed by atoms with Crippen molar-refractivity contribution in [2.45, 2.75) is 30.3 Å². The molecule has 1 unspecified atom stereocenters. The largest absolute Gasteiger partial charge is 0.492 e. The Hall–Kier alpha value is -3.31. The summed E-state index contributed by atoms with van der Waals surface area (Å²) < 4.78 is 39.0. The molecule has 1 aliphatic rings. The highest BCUT2D eigenvalue weighted by molar-refractivity contribution is 7.89. The molecule has 8 nitrogen and oxygen atoms in total. The number of carbonyl (C=O) groups is 1. The van der Waals surface area contributed by atoms with Gasteiger partial charge in [0.25, 0.3) is 5.91 Å². The van der Waals surface area contributed by atoms with Crippen LogP contribution in [0.15, 0.2) is 83.8 Å². The maximum Gasteiger partial charge on any atom is 0.261 e. The lowest BCUT2D eigenvalue weighted by Crippen LogP contribution is -2.34. The molecule has 1 amide bonds. The van der Waals surface area contributed by atoms with Crippen molar-refractivity contribution < 1.29 is 22.7 Å². The fourth-order valence-corrected chi connectivity index (χ4v) is 5.12. The van der Waals surface area contributed by atoms with Gasteiger partial charge in [-0.15, -0.1) is 0 Å². The highest BCUT2D eigenvalue weighted by Crippen LogP contribution is 2.19. The molecule has 1 heterocycles. The average Bonchev–Trinajstić information content (AvgIpc) is 3.43. The van der Waals surface area contributed by atoms with Crippen molar-refractivity contribution in [2.75, 3.05) is 25.1 Å². The molecule has 0 radical (unpaired) electrons. The second-order valence-corrected chi connectivity index (χ2v) is 10.7. The van der Waals surface area contributed by atoms with E-state index in [0.29, 0.717) is 36.6 Å². The summed E-state index contributed by atoms with van der Waals surface area (Å²) >= 11 is 5.29. The number of benzene rings is 3. The Balaban J connectivity index is 1.29. The first-order valence-electron chi connectivity index (χ1n) is 12.0. The summed E-state index contributed by atoms with van der Waals surface area (Å²) in [6.07, 6.45) is 2.41. The van der Waals surface area contributed by atoms with E-state index in [4.69, 9.17) is 21.7 Å². The number of nitrogens with one attached hydrogen (secondary N) is 3. The number of anilines is 1. The minimum atomic E-state index is -3.65. The quantitative estimate of drug-likeness (QED) is 0.336. The van der Waals surface area contributed by atoms with Crippen LogP contribution in [0.2, 0.25) is 0 Å². The van der Waals surface area contributed by atoms with Crippen molar-refractivity contribution in [1.29, 1.82) is 0 Å². The van der Waals surface area contributed by atoms with Crippen molar-refractivity contribution >= 4 is 38.9 Å². The lowest BCUT2D eigenvalue weighted by Gasteiger charge is -2.14. The maximum atomic E-state index is 12.8. The molecule has 0 bridgehead atoms. The third-order valence-corrected chi connectivity index (χ3v) is 7.44. The normalized spacial score (nSPS) is 15.2. The third-order valence-electron chi connectivity index (χ3n) is 5.80. The molecule has 3 aromatic carbocycles. The van der Waals surface area contributed by atoms with Crippen LogP contribution in [-0.4, -0.2) is 45.3 Å². The van der Waals surface area contributed by atoms with Gasteiger partial charge in [0.15, 0.2) is 5.11 Å². The van der Waals surface area contributed by atoms with Crippen molar-refractivity contribution in [2.24, 2.45) is 0 Å². The molecule has 3 N–H and O–H groups in total. The van der Waals surface area contributed by atoms with Gasteiger partial charge in [0.1, 0.15) is 5.75 Å². The molecule has 0 saturated carbocycles. The highest BCUT2D eigenvalue weighted by Gasteiger charge is 2.20. The summed E-state index contributed by atoms with van der Waals surface area (Å²) in [6, 6.07) is 23.0. The van der Waals surface area contributed by atoms with Gasteiger partial charge in [0.05, 0.1) is 23.2 Å². The Morgan fingerprint density at radius 1 is 1.00 bits per heavy atom. The zero-order valence-corrected chi connectivity index (χ0v) is 21.8. The molecular weight excluding hydrogens is 510 g/mol. The number of rotatable bonds is 10. The zero-order valence-electron chi connectivity index (χ0n) is 20.2. The monoisotopic (exact) mass is 539 g/mol. The van der Waals surface area contributed by atoms with E-state index in [0.717, 1.165) is 18.4 Å². The molecule has 37 heavy (non-hydrogen) atoms. The van der Waals surface area contributed by atoms with Gasteiger partial charge in [0, 0.05) is 25.3 Å². The van der Waals surface area contributed by atoms with Crippen LogP contribution in [0, 0.1) is 0 Å². The number of carbonyl (C=O) groups excluding carboxylic acids is 1. The molecule has 10 heteroatoms. The van der Waals surface area contributed by atoms with Crippen LogP contribution in [0.3, 0.4) is 0 Å². The molecule has 3 aromatic rings. The van der Waals surface area contributed by atoms with Gasteiger partial charge in [-0.25, -0.2) is 13.1 Å². The molecule has 1 atom stereocenters. The van der Waals surface area contributed by atoms with Gasteiger partial charge in [0.2, 0.25) is 10.0 Å². The van der Waals surface area contributed by atoms with E-state index >= 15 is 0 Å². The van der Waals surface area contributed by atoms with E-state index in [9.17, 15) is 13.2 Å². The second kappa shape index (κ2) is 12.8. The molecule has 0 aromatic heterocycles. The van der Waals surface area contributed by atoms with Crippen LogP contribution >= 0.6 is 12.2 Å². The minimum absolute atomic E-state index is 0.0798. The average molecular weight is 540 g/mol. The van der Waals surface area contributed by atoms with Gasteiger partial charge < -0.3 is 14.8 Å². The van der Waals surface area contributed by atoms with Crippen LogP contribution in [-0.2, 0) is 21.2 Å². The van der Waals surface area contributed by atoms with Gasteiger partial charge in [-0.1, -0.05) is 42.5 Å². The summed E-state index contributed by atoms with van der Waals surface area (Å²) in [5.41, 5.74) is 2.04. The summed E-state index contributed by atoms with van der Waals surface area (Å²) in [4.78, 5) is 13.0. The van der Waals surface area contributed by atoms with E-state index in [2.05, 4.69) is 15.4 Å². The number of hydrogen-bond donors (Lipinski definition) is 3. The zero-order chi connectivity index (χ0) is 26.1. The van der Waals surface area contributed by atoms with Crippen LogP contribution in [0.5, 0.6) is 5.75 Å². The van der Waals surface area contributed by atoms with Crippen molar-refractivity contribution in [1.82, 2.24) is 10.0 Å². The fraction of sp³-hybridized carbons (Fsp3) is 0.259. The second-order valence-electron chi connectivity index (χ2n) is 8.50. The topological polar surface area (TPSA) is 106 Å². The summed E-state index contributed by atoms with van der Waals surface area (Å²) in [5, 5.41) is 5.63. The van der Waals surface area contributed by atoms with E-state index < -0.39 is 15.9 Å². The third kappa shape index (κ3) is 7.83. The van der Waals surface area contributed by atoms with Crippen molar-refractivity contribution in [3.8, 4) is 5.75 Å². The first-order chi connectivity index (χ1) is 17.9. The van der Waals surface area contributed by atoms with Gasteiger partial charge in [-0.2, -0.15) is 0 Å². The predicted molar refractivity (Wildman–Crippen MR) is 146 cm³/mol. The van der Waals surface area contributed by atoms with Crippen molar-refractivity contribution in [3.63, 3.8) is 0 Å². The van der Waals surface area contributed by atoms with Crippen molar-refractivity contribution in [3.05, 3.63) is 90.0 Å². The molecule has 4 rings (SSSR count). The summed E-state index contributed by atoms with van der Waals surface area (Å²) in [5.74, 6) is 0.0501. The van der Waals surface area contributed by atoms with E-state index in [1.807, 2.05) is 30.3 Å². The first-order valence-corrected chi connectivity index (χ1v) is 13.9. The van der Waals surface area contributed by atoms with E-state index in [1.165, 1.54) is 12.1 Å². The Kier molecular flexibility index (Phi) is 9.24. The number of hydrogen-bond acceptors (Lipinski definition) is 6. The predicted octanol–water partition coefficient (Wildman–Crippen LogP) is 3.89. The standard InChI is InChI=1S/C27H29N3O5S2/c31-26(24-10-4-5-11-25(24)35-18-16-20-7-2-1-3-8-20)30-27(36)29-21-12-14-23(15-13-21)37(32,33)28-19-22-9-6-17-34-22/h1-5,7-8,10-15,22,28H,6,9,16-19H2,(H2,29,30,31,36). The number of thiocarbonyl (C=S) groups is 1. The maximum absolute atomic E-state index is 12.8. The number of ether oxygens (including phenoxy) is 2. The van der Waals surface area contributed by atoms with Crippen LogP contribution in [0.4, 0.5) is 5.69 Å². The van der Waals surface area contributed by atoms with Crippen LogP contribution < -0.4 is 20.1 Å². The summed E-state index contributed by atoms with van der Waals surface area (Å²) in [7, 11) is -3.65. The molecular formula is C27H29N3O5S2. The molecule has 1 fully saturated rings. The SMILES string of the molecule is O=C(NC(=S)Nc1ccc(S(=O)(=O)NCC2CCCO2)cc1)c1ccccc1OCCc1ccccc1. The molecule has 0 spiro atoms. The smallest absolute Gasteiger partial charge is 0.261 e. The van der Waals surface area contributed by atoms with E-state index in [1.54, 1.807) is 36.4 Å².